The number of nitrogens with zero attached hydrogens (tertiary/aromatic N) is 1. The Bertz CT molecular complexity index is 934. The first-order chi connectivity index (χ1) is 18.4. The minimum atomic E-state index is -0.936. The van der Waals surface area contributed by atoms with Crippen LogP contribution in [0.3, 0.4) is 0 Å². The van der Waals surface area contributed by atoms with Crippen LogP contribution in [0.1, 0.15) is 83.9 Å². The molecule has 0 aliphatic heterocycles. The van der Waals surface area contributed by atoms with E-state index in [9.17, 15) is 19.2 Å². The zero-order chi connectivity index (χ0) is 29.4. The predicted molar refractivity (Wildman–Crippen MR) is 156 cm³/mol. The molecule has 0 aromatic heterocycles. The van der Waals surface area contributed by atoms with Crippen molar-refractivity contribution in [2.75, 3.05) is 31.7 Å². The molecule has 220 valence electrons. The highest BCUT2D eigenvalue weighted by atomic mass is 32.2. The maximum absolute atomic E-state index is 14.1. The standard InChI is InChI=1S/C29H47N3O6S/c1-8-10-11-18-32(27(35)23(16-19-39-7)31-28(36)38-29(4,5)6)25(22-14-12-13-21(3)20-22)26(34)30-17-15-24(33)37-9-2/h12-14,20,23,25H,8-11,15-19H2,1-7H3,(H,30,34)(H,31,36). The van der Waals surface area contributed by atoms with E-state index in [2.05, 4.69) is 17.6 Å². The molecule has 0 saturated carbocycles. The first-order valence-electron chi connectivity index (χ1n) is 13.7. The number of ether oxygens (including phenoxy) is 2. The highest BCUT2D eigenvalue weighted by Gasteiger charge is 2.36. The monoisotopic (exact) mass is 565 g/mol. The Hall–Kier alpha value is -2.75. The Labute approximate surface area is 238 Å². The van der Waals surface area contributed by atoms with Gasteiger partial charge in [-0.25, -0.2) is 4.79 Å². The average Bonchev–Trinajstić information content (AvgIpc) is 2.84. The molecular formula is C29H47N3O6S. The molecule has 1 rings (SSSR count). The summed E-state index contributed by atoms with van der Waals surface area (Å²) in [6, 6.07) is 5.67. The number of thioether (sulfide) groups is 1. The molecule has 0 heterocycles. The largest absolute Gasteiger partial charge is 0.466 e. The minimum absolute atomic E-state index is 0.0282. The second kappa shape index (κ2) is 17.8. The van der Waals surface area contributed by atoms with Gasteiger partial charge in [0.2, 0.25) is 11.8 Å². The summed E-state index contributed by atoms with van der Waals surface area (Å²) in [5.74, 6) is -0.510. The van der Waals surface area contributed by atoms with Crippen molar-refractivity contribution in [3.63, 3.8) is 0 Å². The fraction of sp³-hybridized carbons (Fsp3) is 0.655. The molecule has 0 aliphatic carbocycles. The molecule has 0 saturated heterocycles. The molecule has 2 N–H and O–H groups in total. The number of benzene rings is 1. The van der Waals surface area contributed by atoms with Gasteiger partial charge in [0.05, 0.1) is 13.0 Å². The summed E-state index contributed by atoms with van der Waals surface area (Å²) in [6.07, 6.45) is 4.18. The molecule has 0 aliphatic rings. The molecule has 9 nitrogen and oxygen atoms in total. The van der Waals surface area contributed by atoms with E-state index in [1.165, 1.54) is 0 Å². The van der Waals surface area contributed by atoms with Gasteiger partial charge in [-0.1, -0.05) is 49.6 Å². The Kier molecular flexibility index (Phi) is 15.6. The molecule has 0 radical (unpaired) electrons. The lowest BCUT2D eigenvalue weighted by molar-refractivity contribution is -0.144. The molecule has 39 heavy (non-hydrogen) atoms. The zero-order valence-corrected chi connectivity index (χ0v) is 25.4. The zero-order valence-electron chi connectivity index (χ0n) is 24.6. The molecule has 2 unspecified atom stereocenters. The van der Waals surface area contributed by atoms with Gasteiger partial charge in [0, 0.05) is 13.1 Å². The summed E-state index contributed by atoms with van der Waals surface area (Å²) in [5.41, 5.74) is 0.888. The van der Waals surface area contributed by atoms with Crippen molar-refractivity contribution in [3.8, 4) is 0 Å². The van der Waals surface area contributed by atoms with Gasteiger partial charge in [-0.05, 0) is 65.0 Å². The van der Waals surface area contributed by atoms with Crippen LogP contribution in [0.15, 0.2) is 24.3 Å². The molecule has 2 atom stereocenters. The number of nitrogens with one attached hydrogen (secondary N) is 2. The van der Waals surface area contributed by atoms with Crippen LogP contribution in [-0.4, -0.2) is 72.1 Å². The molecule has 1 aromatic rings. The van der Waals surface area contributed by atoms with Crippen LogP contribution < -0.4 is 10.6 Å². The van der Waals surface area contributed by atoms with Crippen molar-refractivity contribution in [1.29, 1.82) is 0 Å². The van der Waals surface area contributed by atoms with E-state index >= 15 is 0 Å². The lowest BCUT2D eigenvalue weighted by Gasteiger charge is -2.34. The van der Waals surface area contributed by atoms with Crippen LogP contribution >= 0.6 is 11.8 Å². The van der Waals surface area contributed by atoms with Crippen molar-refractivity contribution in [3.05, 3.63) is 35.4 Å². The minimum Gasteiger partial charge on any atom is -0.466 e. The molecule has 0 spiro atoms. The number of rotatable bonds is 16. The maximum Gasteiger partial charge on any atom is 0.408 e. The van der Waals surface area contributed by atoms with E-state index in [1.807, 2.05) is 37.4 Å². The summed E-state index contributed by atoms with van der Waals surface area (Å²) in [4.78, 5) is 53.8. The van der Waals surface area contributed by atoms with Gasteiger partial charge in [0.25, 0.3) is 0 Å². The third kappa shape index (κ3) is 13.2. The summed E-state index contributed by atoms with van der Waals surface area (Å²) in [6.45, 7) is 11.7. The van der Waals surface area contributed by atoms with Crippen molar-refractivity contribution in [2.24, 2.45) is 0 Å². The van der Waals surface area contributed by atoms with Gasteiger partial charge in [0.1, 0.15) is 17.7 Å². The van der Waals surface area contributed by atoms with Crippen LogP contribution in [0, 0.1) is 6.92 Å². The van der Waals surface area contributed by atoms with E-state index in [-0.39, 0.29) is 25.5 Å². The smallest absolute Gasteiger partial charge is 0.408 e. The molecule has 1 aromatic carbocycles. The molecule has 0 bridgehead atoms. The number of carbonyl (C=O) groups excluding carboxylic acids is 4. The number of esters is 1. The Morgan fingerprint density at radius 2 is 1.82 bits per heavy atom. The third-order valence-electron chi connectivity index (χ3n) is 5.74. The van der Waals surface area contributed by atoms with Crippen molar-refractivity contribution < 1.29 is 28.7 Å². The van der Waals surface area contributed by atoms with Crippen LogP contribution in [0.2, 0.25) is 0 Å². The number of hydrogen-bond acceptors (Lipinski definition) is 7. The van der Waals surface area contributed by atoms with Crippen molar-refractivity contribution in [2.45, 2.75) is 91.3 Å². The van der Waals surface area contributed by atoms with Gasteiger partial charge in [-0.3, -0.25) is 14.4 Å². The fourth-order valence-corrected chi connectivity index (χ4v) is 4.44. The van der Waals surface area contributed by atoms with Crippen LogP contribution in [0.5, 0.6) is 0 Å². The lowest BCUT2D eigenvalue weighted by Crippen LogP contribution is -2.53. The van der Waals surface area contributed by atoms with E-state index in [0.29, 0.717) is 30.7 Å². The van der Waals surface area contributed by atoms with Gasteiger partial charge in [-0.2, -0.15) is 11.8 Å². The Balaban J connectivity index is 3.39. The molecule has 3 amide bonds. The summed E-state index contributed by atoms with van der Waals surface area (Å²) >= 11 is 1.57. The van der Waals surface area contributed by atoms with Gasteiger partial charge >= 0.3 is 12.1 Å². The summed E-state index contributed by atoms with van der Waals surface area (Å²) in [5, 5.41) is 5.57. The van der Waals surface area contributed by atoms with E-state index in [1.54, 1.807) is 44.4 Å². The number of aryl methyl sites for hydroxylation is 1. The van der Waals surface area contributed by atoms with Gasteiger partial charge < -0.3 is 25.0 Å². The number of alkyl carbamates (subject to hydrolysis) is 1. The first-order valence-corrected chi connectivity index (χ1v) is 15.1. The number of amides is 3. The second-order valence-corrected chi connectivity index (χ2v) is 11.4. The summed E-state index contributed by atoms with van der Waals surface area (Å²) in [7, 11) is 0. The highest BCUT2D eigenvalue weighted by molar-refractivity contribution is 7.98. The van der Waals surface area contributed by atoms with E-state index in [0.717, 1.165) is 18.4 Å². The number of unbranched alkanes of at least 4 members (excludes halogenated alkanes) is 2. The topological polar surface area (TPSA) is 114 Å². The van der Waals surface area contributed by atoms with Crippen LogP contribution in [0.4, 0.5) is 4.79 Å². The fourth-order valence-electron chi connectivity index (χ4n) is 3.97. The van der Waals surface area contributed by atoms with Crippen molar-refractivity contribution in [1.82, 2.24) is 15.5 Å². The molecule has 0 fully saturated rings. The van der Waals surface area contributed by atoms with Gasteiger partial charge in [0.15, 0.2) is 0 Å². The van der Waals surface area contributed by atoms with Crippen LogP contribution in [0.25, 0.3) is 0 Å². The van der Waals surface area contributed by atoms with Crippen LogP contribution in [-0.2, 0) is 23.9 Å². The molecular weight excluding hydrogens is 518 g/mol. The van der Waals surface area contributed by atoms with Gasteiger partial charge in [-0.15, -0.1) is 0 Å². The predicted octanol–water partition coefficient (Wildman–Crippen LogP) is 4.77. The Morgan fingerprint density at radius 3 is 2.41 bits per heavy atom. The van der Waals surface area contributed by atoms with Crippen molar-refractivity contribution >= 4 is 35.6 Å². The Morgan fingerprint density at radius 1 is 1.10 bits per heavy atom. The SMILES string of the molecule is CCCCCN(C(=O)C(CCSC)NC(=O)OC(C)(C)C)C(C(=O)NCCC(=O)OCC)c1cccc(C)c1. The normalized spacial score (nSPS) is 12.7. The highest BCUT2D eigenvalue weighted by Crippen LogP contribution is 2.25. The lowest BCUT2D eigenvalue weighted by atomic mass is 10.00. The third-order valence-corrected chi connectivity index (χ3v) is 6.38. The molecule has 10 heteroatoms. The number of hydrogen-bond donors (Lipinski definition) is 2. The van der Waals surface area contributed by atoms with E-state index < -0.39 is 35.7 Å². The average molecular weight is 566 g/mol. The quantitative estimate of drug-likeness (QED) is 0.219. The number of carbonyl (C=O) groups is 4. The second-order valence-electron chi connectivity index (χ2n) is 10.4. The maximum atomic E-state index is 14.1. The van der Waals surface area contributed by atoms with E-state index in [4.69, 9.17) is 9.47 Å². The summed E-state index contributed by atoms with van der Waals surface area (Å²) < 4.78 is 10.4. The first kappa shape index (κ1) is 34.3.